The first-order chi connectivity index (χ1) is 8.42. The largest absolute Gasteiger partial charge is 0.0802 e. The van der Waals surface area contributed by atoms with Crippen molar-refractivity contribution < 1.29 is 0 Å². The van der Waals surface area contributed by atoms with Crippen LogP contribution in [0.25, 0.3) is 6.08 Å². The zero-order valence-corrected chi connectivity index (χ0v) is 9.84. The summed E-state index contributed by atoms with van der Waals surface area (Å²) in [5.41, 5.74) is 4.30. The van der Waals surface area contributed by atoms with E-state index in [2.05, 4.69) is 66.7 Å². The molecule has 2 aromatic rings. The van der Waals surface area contributed by atoms with Crippen LogP contribution < -0.4 is 0 Å². The Balaban J connectivity index is 1.77. The molecule has 0 bridgehead atoms. The van der Waals surface area contributed by atoms with Gasteiger partial charge in [0.1, 0.15) is 0 Å². The molecule has 0 amide bonds. The molecule has 0 heteroatoms. The SMILES string of the molecule is C1=CC(Cc2ccccc2)Cc2ccccc21. The average molecular weight is 220 g/mol. The standard InChI is InChI=1S/C17H16/c1-2-6-14(7-3-1)12-15-10-11-16-8-4-5-9-17(16)13-15/h1-11,15H,12-13H2. The number of fused-ring (bicyclic) bond motifs is 1. The van der Waals surface area contributed by atoms with Gasteiger partial charge in [0.15, 0.2) is 0 Å². The van der Waals surface area contributed by atoms with Crippen molar-refractivity contribution >= 4 is 6.08 Å². The Bertz CT molecular complexity index is 523. The van der Waals surface area contributed by atoms with Gasteiger partial charge in [0.05, 0.1) is 0 Å². The van der Waals surface area contributed by atoms with E-state index < -0.39 is 0 Å². The van der Waals surface area contributed by atoms with E-state index >= 15 is 0 Å². The highest BCUT2D eigenvalue weighted by Gasteiger charge is 2.13. The van der Waals surface area contributed by atoms with Crippen molar-refractivity contribution in [1.29, 1.82) is 0 Å². The number of hydrogen-bond acceptors (Lipinski definition) is 0. The van der Waals surface area contributed by atoms with Crippen LogP contribution in [0.2, 0.25) is 0 Å². The molecule has 1 aliphatic rings. The molecule has 1 unspecified atom stereocenters. The van der Waals surface area contributed by atoms with Crippen molar-refractivity contribution in [3.8, 4) is 0 Å². The van der Waals surface area contributed by atoms with E-state index in [1.165, 1.54) is 23.1 Å². The van der Waals surface area contributed by atoms with Crippen LogP contribution in [0, 0.1) is 5.92 Å². The van der Waals surface area contributed by atoms with Gasteiger partial charge < -0.3 is 0 Å². The molecule has 0 spiro atoms. The van der Waals surface area contributed by atoms with E-state index in [0.29, 0.717) is 5.92 Å². The lowest BCUT2D eigenvalue weighted by molar-refractivity contribution is 0.639. The zero-order valence-electron chi connectivity index (χ0n) is 9.84. The number of rotatable bonds is 2. The van der Waals surface area contributed by atoms with Gasteiger partial charge in [-0.1, -0.05) is 66.7 Å². The smallest absolute Gasteiger partial charge is 0.0149 e. The molecule has 0 N–H and O–H groups in total. The molecule has 0 aliphatic heterocycles. The molecule has 0 nitrogen and oxygen atoms in total. The summed E-state index contributed by atoms with van der Waals surface area (Å²) in [6.45, 7) is 0. The summed E-state index contributed by atoms with van der Waals surface area (Å²) in [7, 11) is 0. The summed E-state index contributed by atoms with van der Waals surface area (Å²) in [6, 6.07) is 19.4. The van der Waals surface area contributed by atoms with Crippen molar-refractivity contribution in [3.05, 3.63) is 77.4 Å². The van der Waals surface area contributed by atoms with E-state index in [-0.39, 0.29) is 0 Å². The van der Waals surface area contributed by atoms with Crippen molar-refractivity contribution in [3.63, 3.8) is 0 Å². The fourth-order valence-electron chi connectivity index (χ4n) is 2.53. The zero-order chi connectivity index (χ0) is 11.5. The quantitative estimate of drug-likeness (QED) is 0.714. The lowest BCUT2D eigenvalue weighted by Gasteiger charge is -2.19. The van der Waals surface area contributed by atoms with Crippen molar-refractivity contribution in [1.82, 2.24) is 0 Å². The van der Waals surface area contributed by atoms with Crippen LogP contribution in [-0.4, -0.2) is 0 Å². The highest BCUT2D eigenvalue weighted by molar-refractivity contribution is 5.56. The van der Waals surface area contributed by atoms with E-state index in [4.69, 9.17) is 0 Å². The summed E-state index contributed by atoms with van der Waals surface area (Å²) >= 11 is 0. The minimum atomic E-state index is 0.646. The molecule has 1 aliphatic carbocycles. The third kappa shape index (κ3) is 2.31. The summed E-state index contributed by atoms with van der Waals surface area (Å²) in [6.07, 6.45) is 6.94. The molecule has 0 fully saturated rings. The van der Waals surface area contributed by atoms with E-state index in [1.807, 2.05) is 0 Å². The summed E-state index contributed by atoms with van der Waals surface area (Å²) in [5.74, 6) is 0.646. The lowest BCUT2D eigenvalue weighted by atomic mass is 9.86. The monoisotopic (exact) mass is 220 g/mol. The van der Waals surface area contributed by atoms with Crippen molar-refractivity contribution in [2.45, 2.75) is 12.8 Å². The van der Waals surface area contributed by atoms with Gasteiger partial charge in [-0.2, -0.15) is 0 Å². The van der Waals surface area contributed by atoms with Gasteiger partial charge in [-0.25, -0.2) is 0 Å². The van der Waals surface area contributed by atoms with Crippen molar-refractivity contribution in [2.24, 2.45) is 5.92 Å². The normalized spacial score (nSPS) is 17.8. The van der Waals surface area contributed by atoms with Crippen LogP contribution in [-0.2, 0) is 12.8 Å². The van der Waals surface area contributed by atoms with Gasteiger partial charge in [0, 0.05) is 0 Å². The van der Waals surface area contributed by atoms with E-state index in [9.17, 15) is 0 Å². The Morgan fingerprint density at radius 2 is 1.65 bits per heavy atom. The Labute approximate surface area is 103 Å². The van der Waals surface area contributed by atoms with Crippen LogP contribution in [0.15, 0.2) is 60.7 Å². The molecule has 2 aromatic carbocycles. The highest BCUT2D eigenvalue weighted by atomic mass is 14.2. The van der Waals surface area contributed by atoms with Crippen LogP contribution in [0.3, 0.4) is 0 Å². The average Bonchev–Trinajstić information content (AvgIpc) is 2.40. The molecule has 0 aromatic heterocycles. The van der Waals surface area contributed by atoms with Crippen molar-refractivity contribution in [2.75, 3.05) is 0 Å². The predicted octanol–water partition coefficient (Wildman–Crippen LogP) is 4.11. The molecule has 17 heavy (non-hydrogen) atoms. The second-order valence-electron chi connectivity index (χ2n) is 4.71. The van der Waals surface area contributed by atoms with Crippen LogP contribution >= 0.6 is 0 Å². The molecular weight excluding hydrogens is 204 g/mol. The Morgan fingerprint density at radius 1 is 0.882 bits per heavy atom. The van der Waals surface area contributed by atoms with Gasteiger partial charge >= 0.3 is 0 Å². The molecule has 0 radical (unpaired) electrons. The molecule has 84 valence electrons. The maximum absolute atomic E-state index is 2.36. The second-order valence-corrected chi connectivity index (χ2v) is 4.71. The minimum Gasteiger partial charge on any atom is -0.0802 e. The maximum atomic E-state index is 2.36. The molecule has 0 saturated heterocycles. The molecule has 1 atom stereocenters. The Hall–Kier alpha value is -1.82. The fourth-order valence-corrected chi connectivity index (χ4v) is 2.53. The van der Waals surface area contributed by atoms with Gasteiger partial charge in [-0.15, -0.1) is 0 Å². The first-order valence-electron chi connectivity index (χ1n) is 6.22. The summed E-state index contributed by atoms with van der Waals surface area (Å²) in [5, 5.41) is 0. The fraction of sp³-hybridized carbons (Fsp3) is 0.176. The van der Waals surface area contributed by atoms with E-state index in [0.717, 1.165) is 6.42 Å². The molecule has 3 rings (SSSR count). The third-order valence-electron chi connectivity index (χ3n) is 3.43. The van der Waals surface area contributed by atoms with Crippen LogP contribution in [0.5, 0.6) is 0 Å². The van der Waals surface area contributed by atoms with E-state index in [1.54, 1.807) is 0 Å². The first kappa shape index (κ1) is 10.3. The number of benzene rings is 2. The Kier molecular flexibility index (Phi) is 2.79. The van der Waals surface area contributed by atoms with Gasteiger partial charge in [0.25, 0.3) is 0 Å². The number of allylic oxidation sites excluding steroid dienone is 1. The van der Waals surface area contributed by atoms with Crippen LogP contribution in [0.4, 0.5) is 0 Å². The predicted molar refractivity (Wildman–Crippen MR) is 72.8 cm³/mol. The van der Waals surface area contributed by atoms with Gasteiger partial charge in [0.2, 0.25) is 0 Å². The Morgan fingerprint density at radius 3 is 2.53 bits per heavy atom. The molecular formula is C17H16. The second kappa shape index (κ2) is 4.58. The molecule has 0 heterocycles. The summed E-state index contributed by atoms with van der Waals surface area (Å²) in [4.78, 5) is 0. The maximum Gasteiger partial charge on any atom is -0.0149 e. The molecule has 0 saturated carbocycles. The highest BCUT2D eigenvalue weighted by Crippen LogP contribution is 2.25. The lowest BCUT2D eigenvalue weighted by Crippen LogP contribution is -2.09. The van der Waals surface area contributed by atoms with Gasteiger partial charge in [-0.05, 0) is 35.4 Å². The third-order valence-corrected chi connectivity index (χ3v) is 3.43. The topological polar surface area (TPSA) is 0 Å². The first-order valence-corrected chi connectivity index (χ1v) is 6.22. The summed E-state index contributed by atoms with van der Waals surface area (Å²) < 4.78 is 0. The van der Waals surface area contributed by atoms with Crippen LogP contribution in [0.1, 0.15) is 16.7 Å². The minimum absolute atomic E-state index is 0.646. The number of hydrogen-bond donors (Lipinski definition) is 0. The van der Waals surface area contributed by atoms with Gasteiger partial charge in [-0.3, -0.25) is 0 Å².